The minimum atomic E-state index is -1.12. The third-order valence-corrected chi connectivity index (χ3v) is 23.2. The van der Waals surface area contributed by atoms with Gasteiger partial charge in [0.15, 0.2) is 5.82 Å². The van der Waals surface area contributed by atoms with Crippen LogP contribution in [0.4, 0.5) is 44.1 Å². The monoisotopic (exact) mass is 1750 g/mol. The maximum Gasteiger partial charge on any atom is 0.410 e. The van der Waals surface area contributed by atoms with Crippen LogP contribution in [0.1, 0.15) is 143 Å². The van der Waals surface area contributed by atoms with Crippen LogP contribution < -0.4 is 67.7 Å². The third-order valence-electron chi connectivity index (χ3n) is 23.2. The maximum absolute atomic E-state index is 14.4. The Morgan fingerprint density at radius 2 is 1.39 bits per heavy atom. The summed E-state index contributed by atoms with van der Waals surface area (Å²) in [5.74, 6) is -3.07. The molecule has 1 aromatic heterocycles. The number of piperidine rings is 2. The second-order valence-corrected chi connectivity index (χ2v) is 32.2. The number of carbonyl (C=O) groups is 13. The molecule has 4 atom stereocenters. The van der Waals surface area contributed by atoms with Crippen molar-refractivity contribution in [2.24, 2.45) is 11.7 Å². The molecule has 126 heavy (non-hydrogen) atoms. The molecule has 1 unspecified atom stereocenters. The third kappa shape index (κ3) is 26.8. The number of hydrogen-bond donors (Lipinski definition) is 9. The van der Waals surface area contributed by atoms with Crippen LogP contribution >= 0.6 is 0 Å². The zero-order chi connectivity index (χ0) is 89.6. The van der Waals surface area contributed by atoms with E-state index < -0.39 is 71.6 Å². The zero-order valence-electron chi connectivity index (χ0n) is 72.5. The summed E-state index contributed by atoms with van der Waals surface area (Å²) in [5.41, 5.74) is 9.99. The predicted octanol–water partition coefficient (Wildman–Crippen LogP) is 3.54. The molecule has 10 N–H and O–H groups in total. The van der Waals surface area contributed by atoms with E-state index in [1.54, 1.807) is 98.6 Å². The lowest BCUT2D eigenvalue weighted by Crippen LogP contribution is -2.61. The van der Waals surface area contributed by atoms with E-state index in [2.05, 4.69) is 62.2 Å². The van der Waals surface area contributed by atoms with Gasteiger partial charge in [-0.05, 0) is 112 Å². The molecule has 7 aliphatic rings. The van der Waals surface area contributed by atoms with Crippen molar-refractivity contribution in [3.8, 4) is 5.75 Å². The number of ether oxygens (including phenoxy) is 8. The summed E-state index contributed by atoms with van der Waals surface area (Å²) in [5, 5.41) is 22.4. The second kappa shape index (κ2) is 47.7. The number of likely N-dealkylation sites (N-methyl/N-ethyl adjacent to an activating group) is 1. The molecule has 1 saturated carbocycles. The highest BCUT2D eigenvalue weighted by Crippen LogP contribution is 2.42. The Morgan fingerprint density at radius 3 is 2.06 bits per heavy atom. The molecule has 11 rings (SSSR count). The van der Waals surface area contributed by atoms with Gasteiger partial charge >= 0.3 is 12.1 Å². The summed E-state index contributed by atoms with van der Waals surface area (Å²) >= 11 is 0. The van der Waals surface area contributed by atoms with Crippen LogP contribution in [0.25, 0.3) is 0 Å². The Labute approximate surface area is 732 Å². The number of likely N-dealkylation sites (tertiary alicyclic amines) is 1. The minimum absolute atomic E-state index is 0.00113. The minimum Gasteiger partial charge on any atom is -0.495 e. The summed E-state index contributed by atoms with van der Waals surface area (Å²) in [4.78, 5) is 190. The average Bonchev–Trinajstić information content (AvgIpc) is 1.55. The SMILES string of the molecule is CC[C@@H]1C(=O)N(C)c2cnc(Nc3ccc(C(=O)NC4CCN(CCOCCCN(C(=O)OCc5ccc(NC(=O)[C@H](CCCNC(N)=O)NC(=O)[C@@H](NC(=O)CCOCCOCCOCCOCCOCCNC(=O)CCN6C(=O)C=CC6=O)C(C)C)cc5)C5CN(c6cccc7c6CN(C6CCC(=O)NC6=O)C7=O)C5)CC4)cc3OC)nc2N1C1CCCC1. The van der Waals surface area contributed by atoms with Crippen LogP contribution in [-0.2, 0) is 89.5 Å². The normalized spacial score (nSPS) is 17.8. The van der Waals surface area contributed by atoms with Gasteiger partial charge in [0.25, 0.3) is 23.6 Å². The lowest BCUT2D eigenvalue weighted by atomic mass is 10.0. The van der Waals surface area contributed by atoms with E-state index in [1.807, 2.05) is 13.0 Å². The number of anilines is 6. The first kappa shape index (κ1) is 95.2. The number of rotatable bonds is 50. The number of nitrogens with one attached hydrogen (secondary N) is 8. The number of amides is 14. The van der Waals surface area contributed by atoms with Gasteiger partial charge in [-0.3, -0.25) is 63.0 Å². The van der Waals surface area contributed by atoms with Crippen LogP contribution in [0.5, 0.6) is 5.75 Å². The van der Waals surface area contributed by atoms with Crippen LogP contribution in [-0.4, -0.2) is 301 Å². The Hall–Kier alpha value is -11.5. The molecule has 0 radical (unpaired) electrons. The topological polar surface area (TPSA) is 466 Å². The molecule has 39 heteroatoms. The predicted molar refractivity (Wildman–Crippen MR) is 461 cm³/mol. The van der Waals surface area contributed by atoms with Gasteiger partial charge in [-0.15, -0.1) is 0 Å². The van der Waals surface area contributed by atoms with Crippen molar-refractivity contribution in [1.29, 1.82) is 0 Å². The number of benzene rings is 3. The van der Waals surface area contributed by atoms with Crippen molar-refractivity contribution in [2.75, 3.05) is 178 Å². The largest absolute Gasteiger partial charge is 0.495 e. The lowest BCUT2D eigenvalue weighted by molar-refractivity contribution is -0.138. The molecular weight excluding hydrogens is 1630 g/mol. The first-order chi connectivity index (χ1) is 60.9. The Balaban J connectivity index is 0.600. The van der Waals surface area contributed by atoms with Gasteiger partial charge in [0, 0.05) is 151 Å². The molecule has 4 fully saturated rings. The summed E-state index contributed by atoms with van der Waals surface area (Å²) in [7, 11) is 3.31. The fourth-order valence-corrected chi connectivity index (χ4v) is 16.2. The van der Waals surface area contributed by atoms with Crippen LogP contribution in [0.15, 0.2) is 79.0 Å². The van der Waals surface area contributed by atoms with Gasteiger partial charge in [0.2, 0.25) is 47.3 Å². The summed E-state index contributed by atoms with van der Waals surface area (Å²) in [6.07, 6.45) is 10.9. The lowest BCUT2D eigenvalue weighted by Gasteiger charge is -2.46. The van der Waals surface area contributed by atoms with E-state index in [-0.39, 0.29) is 158 Å². The second-order valence-electron chi connectivity index (χ2n) is 32.2. The molecule has 684 valence electrons. The number of nitrogens with zero attached hydrogens (tertiary/aromatic N) is 9. The zero-order valence-corrected chi connectivity index (χ0v) is 72.5. The molecule has 6 aliphatic heterocycles. The molecule has 14 amide bonds. The number of methoxy groups -OCH3 is 1. The van der Waals surface area contributed by atoms with Crippen molar-refractivity contribution >= 4 is 112 Å². The van der Waals surface area contributed by atoms with Crippen molar-refractivity contribution in [3.63, 3.8) is 0 Å². The number of fused-ring (bicyclic) bond motifs is 2. The molecular formula is C87H120N18O21. The first-order valence-corrected chi connectivity index (χ1v) is 43.6. The van der Waals surface area contributed by atoms with Crippen molar-refractivity contribution < 1.29 is 100 Å². The summed E-state index contributed by atoms with van der Waals surface area (Å²) < 4.78 is 45.6. The highest BCUT2D eigenvalue weighted by Gasteiger charge is 2.45. The number of imide groups is 2. The van der Waals surface area contributed by atoms with E-state index >= 15 is 0 Å². The molecule has 3 aromatic carbocycles. The number of aromatic nitrogens is 2. The fourth-order valence-electron chi connectivity index (χ4n) is 16.2. The van der Waals surface area contributed by atoms with Gasteiger partial charge in [0.05, 0.1) is 97.7 Å². The van der Waals surface area contributed by atoms with Gasteiger partial charge in [-0.2, -0.15) is 4.98 Å². The quantitative estimate of drug-likeness (QED) is 0.0225. The molecule has 4 aromatic rings. The Bertz CT molecular complexity index is 4460. The smallest absolute Gasteiger partial charge is 0.410 e. The van der Waals surface area contributed by atoms with Crippen molar-refractivity contribution in [3.05, 3.63) is 101 Å². The van der Waals surface area contributed by atoms with Gasteiger partial charge in [-0.1, -0.05) is 51.8 Å². The molecule has 0 bridgehead atoms. The number of urea groups is 1. The Kier molecular flexibility index (Phi) is 36.0. The van der Waals surface area contributed by atoms with Crippen molar-refractivity contribution in [2.45, 2.75) is 166 Å². The molecule has 0 spiro atoms. The van der Waals surface area contributed by atoms with Crippen LogP contribution in [0.2, 0.25) is 0 Å². The van der Waals surface area contributed by atoms with E-state index in [9.17, 15) is 62.3 Å². The highest BCUT2D eigenvalue weighted by molar-refractivity contribution is 6.13. The molecule has 7 heterocycles. The molecule has 39 nitrogen and oxygen atoms in total. The molecule has 3 saturated heterocycles. The van der Waals surface area contributed by atoms with E-state index in [0.717, 1.165) is 73.6 Å². The highest BCUT2D eigenvalue weighted by atomic mass is 16.6. The van der Waals surface area contributed by atoms with Gasteiger partial charge in [-0.25, -0.2) is 14.6 Å². The average molecular weight is 1750 g/mol. The van der Waals surface area contributed by atoms with E-state index in [4.69, 9.17) is 48.6 Å². The maximum atomic E-state index is 14.4. The van der Waals surface area contributed by atoms with E-state index in [0.29, 0.717) is 131 Å². The number of nitrogens with two attached hydrogens (primary N) is 1. The number of primary amides is 1. The van der Waals surface area contributed by atoms with Crippen LogP contribution in [0, 0.1) is 5.92 Å². The van der Waals surface area contributed by atoms with Crippen LogP contribution in [0.3, 0.4) is 0 Å². The Morgan fingerprint density at radius 1 is 0.706 bits per heavy atom. The summed E-state index contributed by atoms with van der Waals surface area (Å²) in [6, 6.07) is 13.1. The number of hydrogen-bond acceptors (Lipinski definition) is 27. The standard InChI is InChI=1S/C87H120N18O21/c1-6-67-84(116)99(4)70-51-91-86(98-78(70)105(67)61-12-7-8-13-61)95-65-22-19-58(50-71(65)119-5)79(111)92-60-27-34-100(35-28-60)37-41-120-38-11-33-102(62-52-101(53-62)68-16-9-14-63-64(68)54-104(83(63)115)69-23-24-73(107)97-81(69)113)87(118)126-55-57-17-20-59(21-18-57)93-80(112)66(15-10-31-90-85(88)117)94-82(114)77(56(2)3)96-74(108)30-39-121-42-44-123-46-48-125-49-47-124-45-43-122-40-32-89-72(106)29-36-103-75(109)25-26-76(103)110/h9,14,16-22,25-26,50-51,56,60-62,66-67,69,77H,6-8,10-13,15,23-24,27-49,52-55H2,1-5H3,(H,89,106)(H,92,111)(H,93,112)(H,94,114)(H,96,108)(H3,88,90,117)(H,91,95,98)(H,97,107,113)/t66-,67+,69?,77-/m0/s1. The number of carbonyl (C=O) groups excluding carboxylic acids is 13. The summed E-state index contributed by atoms with van der Waals surface area (Å²) in [6.45, 7) is 12.6. The van der Waals surface area contributed by atoms with Gasteiger partial charge in [0.1, 0.15) is 42.2 Å². The fraction of sp³-hybridized carbons (Fsp3) is 0.575. The van der Waals surface area contributed by atoms with Gasteiger partial charge < -0.3 is 110 Å². The van der Waals surface area contributed by atoms with Crippen molar-refractivity contribution in [1.82, 2.24) is 61.5 Å². The van der Waals surface area contributed by atoms with E-state index in [1.165, 1.54) is 17.1 Å². The first-order valence-electron chi connectivity index (χ1n) is 43.6. The molecule has 1 aliphatic carbocycles.